The van der Waals surface area contributed by atoms with Gasteiger partial charge in [-0.15, -0.1) is 0 Å². The number of nitrogens with zero attached hydrogens (tertiary/aromatic N) is 7. The fraction of sp³-hybridized carbons (Fsp3) is 0.500. The molecule has 0 saturated carbocycles. The molecule has 0 bridgehead atoms. The number of carbonyl (C=O) groups excluding carboxylic acids is 2. The fourth-order valence-electron chi connectivity index (χ4n) is 3.98. The van der Waals surface area contributed by atoms with E-state index in [9.17, 15) is 9.59 Å². The van der Waals surface area contributed by atoms with Gasteiger partial charge >= 0.3 is 12.0 Å². The van der Waals surface area contributed by atoms with Crippen LogP contribution in [0.5, 0.6) is 0 Å². The number of hydrogen-bond acceptors (Lipinski definition) is 9. The van der Waals surface area contributed by atoms with Crippen molar-refractivity contribution in [3.63, 3.8) is 0 Å². The van der Waals surface area contributed by atoms with E-state index in [0.29, 0.717) is 42.4 Å². The summed E-state index contributed by atoms with van der Waals surface area (Å²) in [5.41, 5.74) is 1.05. The molecule has 0 unspecified atom stereocenters. The Kier molecular flexibility index (Phi) is 6.31. The molecule has 0 aliphatic carbocycles. The molecule has 2 N–H and O–H groups in total. The van der Waals surface area contributed by atoms with Crippen LogP contribution >= 0.6 is 0 Å². The maximum absolute atomic E-state index is 12.7. The zero-order chi connectivity index (χ0) is 24.5. The number of fused-ring (bicyclic) bond motifs is 1. The van der Waals surface area contributed by atoms with Crippen molar-refractivity contribution >= 4 is 29.0 Å². The molecule has 0 spiro atoms. The highest BCUT2D eigenvalue weighted by Crippen LogP contribution is 2.27. The molecule has 1 aliphatic heterocycles. The number of rotatable bonds is 6. The Morgan fingerprint density at radius 3 is 2.62 bits per heavy atom. The molecule has 34 heavy (non-hydrogen) atoms. The Morgan fingerprint density at radius 2 is 1.94 bits per heavy atom. The van der Waals surface area contributed by atoms with Crippen molar-refractivity contribution in [2.45, 2.75) is 52.2 Å². The van der Waals surface area contributed by atoms with E-state index in [-0.39, 0.29) is 12.1 Å². The molecular formula is C22H29N9O3. The van der Waals surface area contributed by atoms with Gasteiger partial charge in [0.25, 0.3) is 0 Å². The van der Waals surface area contributed by atoms with Crippen LogP contribution in [-0.2, 0) is 16.1 Å². The van der Waals surface area contributed by atoms with E-state index >= 15 is 0 Å². The first kappa shape index (κ1) is 23.3. The van der Waals surface area contributed by atoms with Crippen LogP contribution in [0.1, 0.15) is 33.0 Å². The lowest BCUT2D eigenvalue weighted by Crippen LogP contribution is -2.54. The topological polar surface area (TPSA) is 140 Å². The second-order valence-corrected chi connectivity index (χ2v) is 8.72. The number of aryl methyl sites for hydroxylation is 2. The summed E-state index contributed by atoms with van der Waals surface area (Å²) in [4.78, 5) is 48.5. The Balaban J connectivity index is 1.52. The van der Waals surface area contributed by atoms with Gasteiger partial charge in [-0.25, -0.2) is 34.5 Å². The number of esters is 1. The highest BCUT2D eigenvalue weighted by Gasteiger charge is 2.34. The summed E-state index contributed by atoms with van der Waals surface area (Å²) in [5.74, 6) is 1.52. The highest BCUT2D eigenvalue weighted by molar-refractivity contribution is 5.87. The molecule has 1 fully saturated rings. The van der Waals surface area contributed by atoms with Crippen molar-refractivity contribution in [2.24, 2.45) is 0 Å². The molecule has 3 aromatic rings. The molecule has 1 aliphatic rings. The number of imidazole rings is 1. The van der Waals surface area contributed by atoms with E-state index in [0.717, 1.165) is 17.8 Å². The largest absolute Gasteiger partial charge is 0.467 e. The third-order valence-corrected chi connectivity index (χ3v) is 5.82. The third kappa shape index (κ3) is 4.47. The molecule has 3 aromatic heterocycles. The SMILES string of the molecule is CCn1c(-c2cnc(C)nc2)nc2c(N[C@H]3CCN(C(=O)NC(C)(C)C(=O)OC)C3)ncnc21. The number of anilines is 1. The molecule has 4 rings (SSSR count). The summed E-state index contributed by atoms with van der Waals surface area (Å²) in [5, 5.41) is 6.15. The predicted octanol–water partition coefficient (Wildman–Crippen LogP) is 1.76. The smallest absolute Gasteiger partial charge is 0.331 e. The monoisotopic (exact) mass is 467 g/mol. The van der Waals surface area contributed by atoms with Gasteiger partial charge in [0.05, 0.1) is 12.7 Å². The van der Waals surface area contributed by atoms with Gasteiger partial charge < -0.3 is 24.8 Å². The minimum atomic E-state index is -1.11. The van der Waals surface area contributed by atoms with E-state index < -0.39 is 11.5 Å². The van der Waals surface area contributed by atoms with Gasteiger partial charge in [0, 0.05) is 38.1 Å². The first-order valence-corrected chi connectivity index (χ1v) is 11.2. The third-order valence-electron chi connectivity index (χ3n) is 5.82. The number of ether oxygens (including phenoxy) is 1. The standard InChI is InChI=1S/C22H29N9O3/c1-6-31-18(14-9-23-13(2)24-10-14)28-16-17(25-12-26-19(16)31)27-15-7-8-30(11-15)21(33)29-22(3,4)20(32)34-5/h9-10,12,15H,6-8,11H2,1-5H3,(H,29,33)(H,25,26,27)/t15-/m0/s1. The Labute approximate surface area is 197 Å². The number of amides is 2. The normalized spacial score (nSPS) is 16.0. The number of nitrogens with one attached hydrogen (secondary N) is 2. The molecule has 1 saturated heterocycles. The average Bonchev–Trinajstić information content (AvgIpc) is 3.44. The summed E-state index contributed by atoms with van der Waals surface area (Å²) >= 11 is 0. The predicted molar refractivity (Wildman–Crippen MR) is 125 cm³/mol. The van der Waals surface area contributed by atoms with Crippen molar-refractivity contribution in [1.29, 1.82) is 0 Å². The van der Waals surface area contributed by atoms with E-state index in [2.05, 4.69) is 30.6 Å². The number of methoxy groups -OCH3 is 1. The second-order valence-electron chi connectivity index (χ2n) is 8.72. The number of hydrogen-bond donors (Lipinski definition) is 2. The van der Waals surface area contributed by atoms with Gasteiger partial charge in [-0.1, -0.05) is 0 Å². The van der Waals surface area contributed by atoms with Crippen LogP contribution in [0.15, 0.2) is 18.7 Å². The van der Waals surface area contributed by atoms with Crippen molar-refractivity contribution in [2.75, 3.05) is 25.5 Å². The minimum Gasteiger partial charge on any atom is -0.467 e. The van der Waals surface area contributed by atoms with E-state index in [1.165, 1.54) is 13.4 Å². The molecule has 1 atom stereocenters. The van der Waals surface area contributed by atoms with Crippen LogP contribution in [-0.4, -0.2) is 78.2 Å². The quantitative estimate of drug-likeness (QED) is 0.519. The number of likely N-dealkylation sites (tertiary alicyclic amines) is 1. The van der Waals surface area contributed by atoms with Gasteiger partial charge in [-0.3, -0.25) is 0 Å². The minimum absolute atomic E-state index is 0.0250. The maximum atomic E-state index is 12.7. The number of urea groups is 1. The number of carbonyl (C=O) groups is 2. The van der Waals surface area contributed by atoms with Crippen molar-refractivity contribution in [3.8, 4) is 11.4 Å². The zero-order valence-corrected chi connectivity index (χ0v) is 20.0. The Morgan fingerprint density at radius 1 is 1.21 bits per heavy atom. The van der Waals surface area contributed by atoms with Crippen molar-refractivity contribution in [3.05, 3.63) is 24.5 Å². The second kappa shape index (κ2) is 9.20. The van der Waals surface area contributed by atoms with Gasteiger partial charge in [0.2, 0.25) is 0 Å². The van der Waals surface area contributed by atoms with E-state index in [4.69, 9.17) is 9.72 Å². The highest BCUT2D eigenvalue weighted by atomic mass is 16.5. The molecule has 2 amide bonds. The van der Waals surface area contributed by atoms with Crippen LogP contribution in [0.3, 0.4) is 0 Å². The summed E-state index contributed by atoms with van der Waals surface area (Å²) in [6.07, 6.45) is 5.73. The van der Waals surface area contributed by atoms with Crippen LogP contribution < -0.4 is 10.6 Å². The zero-order valence-electron chi connectivity index (χ0n) is 20.0. The Hall–Kier alpha value is -3.83. The van der Waals surface area contributed by atoms with E-state index in [1.54, 1.807) is 31.1 Å². The molecule has 12 nitrogen and oxygen atoms in total. The lowest BCUT2D eigenvalue weighted by atomic mass is 10.1. The summed E-state index contributed by atoms with van der Waals surface area (Å²) in [7, 11) is 1.30. The molecule has 4 heterocycles. The molecule has 12 heteroatoms. The average molecular weight is 468 g/mol. The van der Waals surface area contributed by atoms with Gasteiger partial charge in [0.15, 0.2) is 17.0 Å². The van der Waals surface area contributed by atoms with Crippen LogP contribution in [0.2, 0.25) is 0 Å². The molecular weight excluding hydrogens is 438 g/mol. The van der Waals surface area contributed by atoms with Gasteiger partial charge in [-0.2, -0.15) is 0 Å². The maximum Gasteiger partial charge on any atom is 0.331 e. The van der Waals surface area contributed by atoms with Crippen LogP contribution in [0.25, 0.3) is 22.6 Å². The van der Waals surface area contributed by atoms with Crippen molar-refractivity contribution < 1.29 is 14.3 Å². The summed E-state index contributed by atoms with van der Waals surface area (Å²) in [6.45, 7) is 8.76. The van der Waals surface area contributed by atoms with Gasteiger partial charge in [-0.05, 0) is 34.1 Å². The first-order chi connectivity index (χ1) is 16.2. The number of aromatic nitrogens is 6. The van der Waals surface area contributed by atoms with Gasteiger partial charge in [0.1, 0.15) is 23.5 Å². The molecule has 0 radical (unpaired) electrons. The van der Waals surface area contributed by atoms with Crippen LogP contribution in [0.4, 0.5) is 10.6 Å². The first-order valence-electron chi connectivity index (χ1n) is 11.2. The van der Waals surface area contributed by atoms with Crippen molar-refractivity contribution in [1.82, 2.24) is 39.7 Å². The lowest BCUT2D eigenvalue weighted by molar-refractivity contribution is -0.146. The fourth-order valence-corrected chi connectivity index (χ4v) is 3.98. The summed E-state index contributed by atoms with van der Waals surface area (Å²) in [6, 6.07) is -0.340. The molecule has 0 aromatic carbocycles. The summed E-state index contributed by atoms with van der Waals surface area (Å²) < 4.78 is 6.76. The molecule has 180 valence electrons. The van der Waals surface area contributed by atoms with Crippen LogP contribution in [0, 0.1) is 6.92 Å². The van der Waals surface area contributed by atoms with E-state index in [1.807, 2.05) is 18.4 Å². The lowest BCUT2D eigenvalue weighted by Gasteiger charge is -2.26. The Bertz CT molecular complexity index is 1210.